The van der Waals surface area contributed by atoms with E-state index >= 15 is 0 Å². The van der Waals surface area contributed by atoms with Gasteiger partial charge in [-0.2, -0.15) is 5.10 Å². The highest BCUT2D eigenvalue weighted by molar-refractivity contribution is 6.35. The van der Waals surface area contributed by atoms with Crippen molar-refractivity contribution in [1.29, 1.82) is 0 Å². The normalized spacial score (nSPS) is 10.2. The maximum Gasteiger partial charge on any atom is 0.329 e. The first-order valence-corrected chi connectivity index (χ1v) is 9.43. The number of anilines is 1. The molecule has 0 fully saturated rings. The molecule has 0 radical (unpaired) electrons. The second-order valence-electron chi connectivity index (χ2n) is 6.18. The monoisotopic (exact) mass is 440 g/mol. The fourth-order valence-electron chi connectivity index (χ4n) is 2.39. The Balaban J connectivity index is 1.92. The van der Waals surface area contributed by atoms with E-state index in [9.17, 15) is 14.4 Å². The summed E-state index contributed by atoms with van der Waals surface area (Å²) in [6.45, 7) is 3.37. The number of ether oxygens (including phenoxy) is 3. The van der Waals surface area contributed by atoms with Crippen LogP contribution in [0, 0.1) is 0 Å². The molecule has 168 valence electrons. The van der Waals surface area contributed by atoms with Gasteiger partial charge >= 0.3 is 11.8 Å². The molecular weight excluding hydrogens is 416 g/mol. The number of benzene rings is 2. The molecule has 0 aromatic heterocycles. The maximum absolute atomic E-state index is 12.2. The van der Waals surface area contributed by atoms with Crippen molar-refractivity contribution in [2.45, 2.75) is 0 Å². The van der Waals surface area contributed by atoms with Gasteiger partial charge in [-0.15, -0.1) is 6.58 Å². The maximum atomic E-state index is 12.2. The number of carbonyl (C=O) groups is 3. The predicted octanol–water partition coefficient (Wildman–Crippen LogP) is 1.47. The van der Waals surface area contributed by atoms with E-state index < -0.39 is 11.8 Å². The quantitative estimate of drug-likeness (QED) is 0.222. The van der Waals surface area contributed by atoms with Crippen molar-refractivity contribution in [3.8, 4) is 17.2 Å². The van der Waals surface area contributed by atoms with Crippen LogP contribution in [0.4, 0.5) is 5.69 Å². The summed E-state index contributed by atoms with van der Waals surface area (Å²) in [6, 6.07) is 11.8. The molecule has 0 saturated carbocycles. The summed E-state index contributed by atoms with van der Waals surface area (Å²) in [7, 11) is 2.99. The molecule has 2 aromatic rings. The summed E-state index contributed by atoms with van der Waals surface area (Å²) < 4.78 is 15.9. The number of methoxy groups -OCH3 is 2. The Kier molecular flexibility index (Phi) is 9.26. The fourth-order valence-corrected chi connectivity index (χ4v) is 2.39. The van der Waals surface area contributed by atoms with E-state index in [1.165, 1.54) is 19.4 Å². The molecule has 3 N–H and O–H groups in total. The first-order valence-electron chi connectivity index (χ1n) is 9.43. The third-order valence-corrected chi connectivity index (χ3v) is 3.89. The van der Waals surface area contributed by atoms with Crippen LogP contribution in [0.1, 0.15) is 5.56 Å². The van der Waals surface area contributed by atoms with Crippen LogP contribution >= 0.6 is 0 Å². The molecule has 2 aromatic carbocycles. The highest BCUT2D eigenvalue weighted by Crippen LogP contribution is 2.27. The summed E-state index contributed by atoms with van der Waals surface area (Å²) in [5.74, 6) is -0.760. The van der Waals surface area contributed by atoms with E-state index in [1.54, 1.807) is 49.6 Å². The van der Waals surface area contributed by atoms with Gasteiger partial charge in [-0.25, -0.2) is 5.43 Å². The Morgan fingerprint density at radius 1 is 1.03 bits per heavy atom. The number of hydrogen-bond donors (Lipinski definition) is 3. The van der Waals surface area contributed by atoms with E-state index in [2.05, 4.69) is 27.7 Å². The van der Waals surface area contributed by atoms with E-state index in [0.717, 1.165) is 0 Å². The van der Waals surface area contributed by atoms with E-state index in [4.69, 9.17) is 14.2 Å². The first kappa shape index (κ1) is 23.9. The van der Waals surface area contributed by atoms with Crippen molar-refractivity contribution in [2.75, 3.05) is 32.7 Å². The fraction of sp³-hybridized carbons (Fsp3) is 0.182. The number of hydrogen-bond acceptors (Lipinski definition) is 7. The standard InChI is InChI=1S/C22H24N4O6/c1-4-10-23-21(28)22(29)26-24-13-15-8-9-18(19(11-15)31-3)32-14-20(27)25-16-6-5-7-17(12-16)30-2/h4-9,11-13H,1,10,14H2,2-3H3,(H,23,28)(H,25,27)(H,26,29)/b24-13-. The number of amides is 3. The van der Waals surface area contributed by atoms with Gasteiger partial charge in [0.05, 0.1) is 20.4 Å². The molecule has 0 aliphatic carbocycles. The van der Waals surface area contributed by atoms with Gasteiger partial charge in [-0.05, 0) is 35.9 Å². The third kappa shape index (κ3) is 7.48. The predicted molar refractivity (Wildman–Crippen MR) is 119 cm³/mol. The molecule has 32 heavy (non-hydrogen) atoms. The van der Waals surface area contributed by atoms with Crippen molar-refractivity contribution in [1.82, 2.24) is 10.7 Å². The van der Waals surface area contributed by atoms with Gasteiger partial charge < -0.3 is 24.8 Å². The van der Waals surface area contributed by atoms with Crippen molar-refractivity contribution in [2.24, 2.45) is 5.10 Å². The number of hydrazone groups is 1. The number of nitrogens with one attached hydrogen (secondary N) is 3. The van der Waals surface area contributed by atoms with Crippen LogP contribution in [0.2, 0.25) is 0 Å². The lowest BCUT2D eigenvalue weighted by Crippen LogP contribution is -2.37. The van der Waals surface area contributed by atoms with Gasteiger partial charge in [0.1, 0.15) is 5.75 Å². The zero-order valence-electron chi connectivity index (χ0n) is 17.7. The molecule has 3 amide bonds. The third-order valence-electron chi connectivity index (χ3n) is 3.89. The van der Waals surface area contributed by atoms with E-state index in [0.29, 0.717) is 28.5 Å². The SMILES string of the molecule is C=CCNC(=O)C(=O)N/N=C\c1ccc(OCC(=O)Nc2cccc(OC)c2)c(OC)c1. The number of nitrogens with zero attached hydrogens (tertiary/aromatic N) is 1. The van der Waals surface area contributed by atoms with Gasteiger partial charge in [0.25, 0.3) is 5.91 Å². The summed E-state index contributed by atoms with van der Waals surface area (Å²) in [5, 5.41) is 8.77. The summed E-state index contributed by atoms with van der Waals surface area (Å²) >= 11 is 0. The minimum absolute atomic E-state index is 0.173. The smallest absolute Gasteiger partial charge is 0.329 e. The highest BCUT2D eigenvalue weighted by Gasteiger charge is 2.11. The van der Waals surface area contributed by atoms with Gasteiger partial charge in [0, 0.05) is 18.3 Å². The highest BCUT2D eigenvalue weighted by atomic mass is 16.5. The van der Waals surface area contributed by atoms with Gasteiger partial charge in [0.15, 0.2) is 18.1 Å². The summed E-state index contributed by atoms with van der Waals surface area (Å²) in [6.07, 6.45) is 2.79. The van der Waals surface area contributed by atoms with E-state index in [1.807, 2.05) is 0 Å². The molecule has 10 nitrogen and oxygen atoms in total. The second kappa shape index (κ2) is 12.4. The van der Waals surface area contributed by atoms with Crippen molar-refractivity contribution in [3.63, 3.8) is 0 Å². The Bertz CT molecular complexity index is 1010. The molecule has 0 aliphatic heterocycles. The van der Waals surface area contributed by atoms with E-state index in [-0.39, 0.29) is 19.1 Å². The minimum Gasteiger partial charge on any atom is -0.497 e. The van der Waals surface area contributed by atoms with Crippen LogP contribution in [0.25, 0.3) is 0 Å². The zero-order valence-corrected chi connectivity index (χ0v) is 17.7. The molecule has 0 atom stereocenters. The molecule has 2 rings (SSSR count). The summed E-state index contributed by atoms with van der Waals surface area (Å²) in [4.78, 5) is 35.2. The molecule has 0 heterocycles. The average molecular weight is 440 g/mol. The van der Waals surface area contributed by atoms with Gasteiger partial charge in [-0.3, -0.25) is 14.4 Å². The molecular formula is C22H24N4O6. The largest absolute Gasteiger partial charge is 0.497 e. The van der Waals surface area contributed by atoms with Gasteiger partial charge in [-0.1, -0.05) is 12.1 Å². The van der Waals surface area contributed by atoms with Crippen molar-refractivity contribution < 1.29 is 28.6 Å². The first-order chi connectivity index (χ1) is 15.5. The Labute approximate surface area is 185 Å². The lowest BCUT2D eigenvalue weighted by atomic mass is 10.2. The van der Waals surface area contributed by atoms with Crippen LogP contribution in [0.15, 0.2) is 60.2 Å². The number of carbonyl (C=O) groups excluding carboxylic acids is 3. The second-order valence-corrected chi connectivity index (χ2v) is 6.18. The van der Waals surface area contributed by atoms with Crippen LogP contribution < -0.4 is 30.3 Å². The molecule has 10 heteroatoms. The topological polar surface area (TPSA) is 127 Å². The Morgan fingerprint density at radius 2 is 1.84 bits per heavy atom. The van der Waals surface area contributed by atoms with Crippen LogP contribution in [0.5, 0.6) is 17.2 Å². The van der Waals surface area contributed by atoms with Crippen LogP contribution in [0.3, 0.4) is 0 Å². The molecule has 0 unspecified atom stereocenters. The Hall–Kier alpha value is -4.34. The molecule has 0 aliphatic rings. The van der Waals surface area contributed by atoms with Gasteiger partial charge in [0.2, 0.25) is 0 Å². The van der Waals surface area contributed by atoms with Crippen LogP contribution in [-0.2, 0) is 14.4 Å². The van der Waals surface area contributed by atoms with Crippen LogP contribution in [-0.4, -0.2) is 51.3 Å². The van der Waals surface area contributed by atoms with Crippen molar-refractivity contribution >= 4 is 29.6 Å². The molecule has 0 bridgehead atoms. The lowest BCUT2D eigenvalue weighted by molar-refractivity contribution is -0.139. The van der Waals surface area contributed by atoms with Crippen molar-refractivity contribution in [3.05, 3.63) is 60.7 Å². The average Bonchev–Trinajstić information content (AvgIpc) is 2.81. The molecule has 0 saturated heterocycles. The lowest BCUT2D eigenvalue weighted by Gasteiger charge is -2.12. The molecule has 0 spiro atoms. The zero-order chi connectivity index (χ0) is 23.3. The number of rotatable bonds is 10. The summed E-state index contributed by atoms with van der Waals surface area (Å²) in [5.41, 5.74) is 3.26. The Morgan fingerprint density at radius 3 is 2.56 bits per heavy atom. The minimum atomic E-state index is -0.905.